The normalized spacial score (nSPS) is 32.7. The molecule has 0 unspecified atom stereocenters. The van der Waals surface area contributed by atoms with Crippen molar-refractivity contribution in [3.63, 3.8) is 0 Å². The van der Waals surface area contributed by atoms with Gasteiger partial charge in [-0.25, -0.2) is 17.9 Å². The second kappa shape index (κ2) is 5.40. The summed E-state index contributed by atoms with van der Waals surface area (Å²) in [7, 11) is -3.23. The summed E-state index contributed by atoms with van der Waals surface area (Å²) in [6.07, 6.45) is 3.32. The number of carbonyl (C=O) groups is 1. The maximum atomic E-state index is 12.5. The molecule has 0 radical (unpaired) electrons. The van der Waals surface area contributed by atoms with Crippen molar-refractivity contribution in [2.45, 2.75) is 12.8 Å². The van der Waals surface area contributed by atoms with Crippen LogP contribution in [0.5, 0.6) is 0 Å². The zero-order valence-electron chi connectivity index (χ0n) is 12.4. The summed E-state index contributed by atoms with van der Waals surface area (Å²) >= 11 is 0. The van der Waals surface area contributed by atoms with Gasteiger partial charge in [0.1, 0.15) is 0 Å². The summed E-state index contributed by atoms with van der Waals surface area (Å²) in [6.45, 7) is 4.39. The van der Waals surface area contributed by atoms with Gasteiger partial charge in [-0.15, -0.1) is 0 Å². The van der Waals surface area contributed by atoms with E-state index in [0.717, 1.165) is 32.2 Å². The molecule has 3 rings (SSSR count). The van der Waals surface area contributed by atoms with Crippen molar-refractivity contribution in [1.82, 2.24) is 14.5 Å². The quantitative estimate of drug-likeness (QED) is 0.775. The van der Waals surface area contributed by atoms with Crippen LogP contribution in [0.25, 0.3) is 0 Å². The molecule has 3 fully saturated rings. The van der Waals surface area contributed by atoms with E-state index in [2.05, 4.69) is 4.72 Å². The SMILES string of the molecule is CS(=O)(=O)NC[C@]12COC[C@H]1CN(C(=O)N1CCCC1)C2. The van der Waals surface area contributed by atoms with Crippen molar-refractivity contribution in [1.29, 1.82) is 0 Å². The second-order valence-electron chi connectivity index (χ2n) is 6.52. The molecule has 3 aliphatic rings. The van der Waals surface area contributed by atoms with Gasteiger partial charge in [0, 0.05) is 44.1 Å². The topological polar surface area (TPSA) is 79.0 Å². The van der Waals surface area contributed by atoms with Gasteiger partial charge < -0.3 is 14.5 Å². The summed E-state index contributed by atoms with van der Waals surface area (Å²) in [4.78, 5) is 16.3. The van der Waals surface area contributed by atoms with Gasteiger partial charge in [-0.3, -0.25) is 0 Å². The highest BCUT2D eigenvalue weighted by atomic mass is 32.2. The molecule has 7 nitrogen and oxygen atoms in total. The Hall–Kier alpha value is -0.860. The Morgan fingerprint density at radius 2 is 2.05 bits per heavy atom. The molecule has 0 saturated carbocycles. The van der Waals surface area contributed by atoms with E-state index >= 15 is 0 Å². The van der Waals surface area contributed by atoms with Gasteiger partial charge in [0.15, 0.2) is 0 Å². The average molecular weight is 317 g/mol. The lowest BCUT2D eigenvalue weighted by molar-refractivity contribution is 0.123. The molecule has 21 heavy (non-hydrogen) atoms. The highest BCUT2D eigenvalue weighted by molar-refractivity contribution is 7.88. The first kappa shape index (κ1) is 15.1. The van der Waals surface area contributed by atoms with Crippen LogP contribution in [0.4, 0.5) is 4.79 Å². The number of nitrogens with zero attached hydrogens (tertiary/aromatic N) is 2. The smallest absolute Gasteiger partial charge is 0.320 e. The van der Waals surface area contributed by atoms with Crippen LogP contribution in [0, 0.1) is 11.3 Å². The predicted molar refractivity (Wildman–Crippen MR) is 77.4 cm³/mol. The molecule has 2 atom stereocenters. The number of urea groups is 1. The molecule has 3 aliphatic heterocycles. The van der Waals surface area contributed by atoms with Crippen molar-refractivity contribution in [2.75, 3.05) is 52.2 Å². The molecule has 2 amide bonds. The van der Waals surface area contributed by atoms with Crippen molar-refractivity contribution in [2.24, 2.45) is 11.3 Å². The van der Waals surface area contributed by atoms with Crippen molar-refractivity contribution >= 4 is 16.1 Å². The van der Waals surface area contributed by atoms with Gasteiger partial charge in [0.05, 0.1) is 19.5 Å². The van der Waals surface area contributed by atoms with E-state index in [9.17, 15) is 13.2 Å². The van der Waals surface area contributed by atoms with Gasteiger partial charge in [0.2, 0.25) is 10.0 Å². The van der Waals surface area contributed by atoms with Gasteiger partial charge in [-0.1, -0.05) is 0 Å². The summed E-state index contributed by atoms with van der Waals surface area (Å²) in [6, 6.07) is 0.0978. The van der Waals surface area contributed by atoms with E-state index in [4.69, 9.17) is 4.74 Å². The minimum Gasteiger partial charge on any atom is -0.380 e. The number of hydrogen-bond acceptors (Lipinski definition) is 4. The highest BCUT2D eigenvalue weighted by Crippen LogP contribution is 2.41. The third kappa shape index (κ3) is 3.02. The van der Waals surface area contributed by atoms with Gasteiger partial charge >= 0.3 is 6.03 Å². The first-order chi connectivity index (χ1) is 9.90. The van der Waals surface area contributed by atoms with E-state index in [-0.39, 0.29) is 17.4 Å². The molecular formula is C13H23N3O4S. The third-order valence-corrected chi connectivity index (χ3v) is 5.52. The molecule has 0 bridgehead atoms. The number of nitrogens with one attached hydrogen (secondary N) is 1. The Balaban J connectivity index is 1.68. The minimum atomic E-state index is -3.23. The molecule has 1 N–H and O–H groups in total. The van der Waals surface area contributed by atoms with Crippen LogP contribution in [0.15, 0.2) is 0 Å². The molecule has 3 saturated heterocycles. The molecular weight excluding hydrogens is 294 g/mol. The molecule has 0 aromatic heterocycles. The second-order valence-corrected chi connectivity index (χ2v) is 8.36. The maximum absolute atomic E-state index is 12.5. The molecule has 8 heteroatoms. The standard InChI is InChI=1S/C13H23N3O4S/c1-21(18,19)14-8-13-9-16(6-11(13)7-20-10-13)12(17)15-4-2-3-5-15/h11,14H,2-10H2,1H3/t11-,13+/m1/s1. The van der Waals surface area contributed by atoms with Crippen LogP contribution in [0.2, 0.25) is 0 Å². The lowest BCUT2D eigenvalue weighted by Gasteiger charge is -2.28. The monoisotopic (exact) mass is 317 g/mol. The summed E-state index contributed by atoms with van der Waals surface area (Å²) in [5.41, 5.74) is -0.265. The van der Waals surface area contributed by atoms with E-state index < -0.39 is 10.0 Å². The Labute approximate surface area is 125 Å². The number of fused-ring (bicyclic) bond motifs is 1. The maximum Gasteiger partial charge on any atom is 0.320 e. The predicted octanol–water partition coefficient (Wildman–Crippen LogP) is -0.300. The summed E-state index contributed by atoms with van der Waals surface area (Å²) < 4.78 is 30.9. The number of ether oxygens (including phenoxy) is 1. The highest BCUT2D eigenvalue weighted by Gasteiger charge is 2.52. The fourth-order valence-corrected chi connectivity index (χ4v) is 4.16. The van der Waals surface area contributed by atoms with Crippen LogP contribution in [-0.4, -0.2) is 76.4 Å². The molecule has 0 aromatic rings. The fourth-order valence-electron chi connectivity index (χ4n) is 3.61. The van der Waals surface area contributed by atoms with Crippen molar-refractivity contribution in [3.05, 3.63) is 0 Å². The number of amides is 2. The molecule has 120 valence electrons. The number of sulfonamides is 1. The Kier molecular flexibility index (Phi) is 3.87. The van der Waals surface area contributed by atoms with Gasteiger partial charge in [-0.2, -0.15) is 0 Å². The summed E-state index contributed by atoms with van der Waals surface area (Å²) in [5, 5.41) is 0. The Bertz CT molecular complexity index is 518. The molecule has 0 aliphatic carbocycles. The van der Waals surface area contributed by atoms with Gasteiger partial charge in [0.25, 0.3) is 0 Å². The number of hydrogen-bond donors (Lipinski definition) is 1. The Morgan fingerprint density at radius 3 is 2.71 bits per heavy atom. The molecule has 0 aromatic carbocycles. The number of rotatable bonds is 3. The van der Waals surface area contributed by atoms with Gasteiger partial charge in [-0.05, 0) is 12.8 Å². The van der Waals surface area contributed by atoms with Crippen LogP contribution in [-0.2, 0) is 14.8 Å². The van der Waals surface area contributed by atoms with Crippen LogP contribution < -0.4 is 4.72 Å². The lowest BCUT2D eigenvalue weighted by Crippen LogP contribution is -2.45. The van der Waals surface area contributed by atoms with E-state index in [1.807, 2.05) is 9.80 Å². The first-order valence-corrected chi connectivity index (χ1v) is 9.35. The van der Waals surface area contributed by atoms with E-state index in [1.165, 1.54) is 0 Å². The molecule has 0 spiro atoms. The van der Waals surface area contributed by atoms with E-state index in [0.29, 0.717) is 32.8 Å². The fraction of sp³-hybridized carbons (Fsp3) is 0.923. The first-order valence-electron chi connectivity index (χ1n) is 7.46. The van der Waals surface area contributed by atoms with E-state index in [1.54, 1.807) is 0 Å². The van der Waals surface area contributed by atoms with Crippen LogP contribution in [0.3, 0.4) is 0 Å². The summed E-state index contributed by atoms with van der Waals surface area (Å²) in [5.74, 6) is 0.221. The lowest BCUT2D eigenvalue weighted by atomic mass is 9.81. The zero-order chi connectivity index (χ0) is 15.1. The molecule has 3 heterocycles. The Morgan fingerprint density at radius 1 is 1.33 bits per heavy atom. The largest absolute Gasteiger partial charge is 0.380 e. The van der Waals surface area contributed by atoms with Crippen molar-refractivity contribution in [3.8, 4) is 0 Å². The minimum absolute atomic E-state index is 0.0978. The van der Waals surface area contributed by atoms with Crippen LogP contribution >= 0.6 is 0 Å². The average Bonchev–Trinajstić information content (AvgIpc) is 3.10. The van der Waals surface area contributed by atoms with Crippen LogP contribution in [0.1, 0.15) is 12.8 Å². The number of likely N-dealkylation sites (tertiary alicyclic amines) is 2. The number of carbonyl (C=O) groups excluding carboxylic acids is 1. The third-order valence-electron chi connectivity index (χ3n) is 4.85. The van der Waals surface area contributed by atoms with Crippen molar-refractivity contribution < 1.29 is 17.9 Å². The zero-order valence-corrected chi connectivity index (χ0v) is 13.2.